The van der Waals surface area contributed by atoms with Crippen LogP contribution in [-0.2, 0) is 89.7 Å². The molecule has 43 nitrogen and oxygen atoms in total. The van der Waals surface area contributed by atoms with Crippen molar-refractivity contribution in [2.45, 2.75) is 252 Å². The van der Waals surface area contributed by atoms with Gasteiger partial charge in [-0.15, -0.1) is 0 Å². The second-order valence-corrected chi connectivity index (χ2v) is 34.6. The lowest BCUT2D eigenvalue weighted by molar-refractivity contribution is -0.265. The minimum Gasteiger partial charge on any atom is -0.458 e. The van der Waals surface area contributed by atoms with Crippen LogP contribution in [0.3, 0.4) is 0 Å². The topological polar surface area (TPSA) is 565 Å². The van der Waals surface area contributed by atoms with Gasteiger partial charge >= 0.3 is 35.4 Å². The van der Waals surface area contributed by atoms with Crippen molar-refractivity contribution in [1.29, 1.82) is 5.59 Å². The van der Waals surface area contributed by atoms with Crippen LogP contribution in [0.4, 0.5) is 17.6 Å². The maximum absolute atomic E-state index is 15.9. The van der Waals surface area contributed by atoms with Crippen molar-refractivity contribution in [3.05, 3.63) is 137 Å². The van der Waals surface area contributed by atoms with Crippen molar-refractivity contribution in [2.75, 3.05) is 39.7 Å². The van der Waals surface area contributed by atoms with Gasteiger partial charge in [-0.3, -0.25) is 66.6 Å². The third-order valence-electron chi connectivity index (χ3n) is 17.4. The number of halogens is 5. The molecular weight excluding hydrogens is 1620 g/mol. The second kappa shape index (κ2) is 40.8. The Morgan fingerprint density at radius 3 is 1.26 bits per heavy atom. The number of nitrogens with zero attached hydrogens (tertiary/aromatic N) is 8. The maximum Gasteiger partial charge on any atom is 0.373 e. The first kappa shape index (κ1) is 104. The third kappa shape index (κ3) is 25.4. The number of hydrogen-bond donors (Lipinski definition) is 7. The van der Waals surface area contributed by atoms with Crippen molar-refractivity contribution in [3.8, 4) is 6.01 Å². The number of azide groups is 1. The molecule has 0 aliphatic carbocycles. The molecule has 51 heteroatoms. The van der Waals surface area contributed by atoms with E-state index in [1.165, 1.54) is 48.8 Å². The zero-order valence-corrected chi connectivity index (χ0v) is 66.0. The van der Waals surface area contributed by atoms with E-state index in [0.29, 0.717) is 5.92 Å². The van der Waals surface area contributed by atoms with E-state index in [1.807, 2.05) is 27.7 Å². The molecule has 651 valence electrons. The molecule has 9 aliphatic heterocycles. The van der Waals surface area contributed by atoms with Gasteiger partial charge in [0.2, 0.25) is 12.5 Å². The molecule has 8 fully saturated rings. The van der Waals surface area contributed by atoms with E-state index < -0.39 is 200 Å². The van der Waals surface area contributed by atoms with Crippen molar-refractivity contribution >= 4 is 46.1 Å². The van der Waals surface area contributed by atoms with Crippen molar-refractivity contribution < 1.29 is 117 Å². The van der Waals surface area contributed by atoms with Crippen LogP contribution in [-0.4, -0.2) is 211 Å². The predicted octanol–water partition coefficient (Wildman–Crippen LogP) is 5.25. The largest absolute Gasteiger partial charge is 0.458 e. The number of rotatable bonds is 15. The zero-order chi connectivity index (χ0) is 84.6. The molecule has 4 aromatic rings. The van der Waals surface area contributed by atoms with E-state index in [4.69, 9.17) is 107 Å². The molecule has 13 heterocycles. The molecule has 0 amide bonds. The summed E-state index contributed by atoms with van der Waals surface area (Å²) in [6.07, 6.45) is -6.79. The molecule has 0 spiro atoms. The van der Waals surface area contributed by atoms with Crippen LogP contribution in [0.25, 0.3) is 10.4 Å². The van der Waals surface area contributed by atoms with E-state index in [1.54, 1.807) is 55.4 Å². The molecule has 3 radical (unpaired) electrons. The lowest BCUT2D eigenvalue weighted by Crippen LogP contribution is -2.44. The van der Waals surface area contributed by atoms with Gasteiger partial charge in [0.05, 0.1) is 6.54 Å². The number of hydrogen-bond acceptors (Lipinski definition) is 32. The second-order valence-electron chi connectivity index (χ2n) is 28.5. The number of aromatic amines is 3. The Kier molecular flexibility index (Phi) is 36.7. The summed E-state index contributed by atoms with van der Waals surface area (Å²) >= 11 is 5.52. The average molecular weight is 1720 g/mol. The Morgan fingerprint density at radius 2 is 0.905 bits per heavy atom. The van der Waals surface area contributed by atoms with Crippen LogP contribution in [0.2, 0.25) is 0 Å². The van der Waals surface area contributed by atoms with Crippen LogP contribution in [0.15, 0.2) is 87.7 Å². The predicted molar refractivity (Wildman–Crippen MR) is 396 cm³/mol. The summed E-state index contributed by atoms with van der Waals surface area (Å²) in [5.41, 5.74) is 8.37. The van der Waals surface area contributed by atoms with Crippen molar-refractivity contribution in [1.82, 2.24) is 48.4 Å². The average Bonchev–Trinajstić information content (AvgIpc) is 1.61. The standard InChI is InChI=1S/C18H29FN3O7P.C12H14FN5O5.C12H15FN2O6.C12H13FN2O5.C6H15ClNOP.2CO2.3CH4.B.HNO/c1-10(2)11(3)21-30(6,25)26-9-18(19)14-13(27-17(4,5)28-14)15(29-18)22-8-7-12(23)20-16(22)24;1-11(2)21-7-8(22-11)12(13,5-15-17-14)23-9(7)18-4-3-6(19)16-10(18)20;1-11(2)19-7-8(20-11)12(13,5-16)21-9(7)15-4-3-6(17)14-10(15)18;1-11(2)18-7-8(19-11)12(13)5-17-10-14-6(16)3-4-15(10)9(7)20-12;1-5(2)6(3)8-10(4,7)9;2*2-1-3;;;;;1-2/h7-8,10-11,13-15H,9H2,1-6H3,(H,21,25)(H,20,23,24);3-4,7-9H,5H2,1-2H3,(H,16,19,20);3-4,7-9,16H,5H2,1-2H3,(H,14,17,18);3-4,7-9H,5H2,1-2H3;5-6H,1-4H3,(H,8,9);;;3*1H4;;1H/t11-,13-,14?,15+,18+,30?;3*7-,8?,9+,12+;6-,10?;;;;;;;/m00000......./s1. The molecule has 9 aliphatic rings. The molecule has 2 bridgehead atoms. The van der Waals surface area contributed by atoms with Gasteiger partial charge < -0.3 is 71.2 Å². The number of nitrogens with one attached hydrogen (secondary N) is 6. The first-order chi connectivity index (χ1) is 51.8. The van der Waals surface area contributed by atoms with Crippen LogP contribution in [0.5, 0.6) is 6.01 Å². The Bertz CT molecular complexity index is 4620. The van der Waals surface area contributed by atoms with E-state index in [-0.39, 0.29) is 67.0 Å². The van der Waals surface area contributed by atoms with Gasteiger partial charge in [0, 0.05) is 87.8 Å². The molecule has 6 unspecified atom stereocenters. The van der Waals surface area contributed by atoms with E-state index in [2.05, 4.69) is 59.6 Å². The van der Waals surface area contributed by atoms with E-state index in [0.717, 1.165) is 31.9 Å². The maximum atomic E-state index is 15.9. The minimum atomic E-state index is -3.36. The molecule has 0 saturated carbocycles. The number of H-pyrrole nitrogens is 3. The summed E-state index contributed by atoms with van der Waals surface area (Å²) in [4.78, 5) is 133. The number of nitroso groups, excluding NO2 is 1. The molecule has 0 aromatic carbocycles. The van der Waals surface area contributed by atoms with Crippen LogP contribution in [0, 0.1) is 22.3 Å². The summed E-state index contributed by atoms with van der Waals surface area (Å²) in [5.74, 6) is -13.2. The fourth-order valence-corrected chi connectivity index (χ4v) is 15.2. The minimum absolute atomic E-state index is 0. The normalized spacial score (nSPS) is 31.3. The van der Waals surface area contributed by atoms with Gasteiger partial charge in [-0.1, -0.05) is 60.7 Å². The van der Waals surface area contributed by atoms with Crippen molar-refractivity contribution in [2.24, 2.45) is 17.0 Å². The Labute approximate surface area is 666 Å². The number of carbonyl (C=O) groups excluding carboxylic acids is 4. The molecule has 20 atom stereocenters. The quantitative estimate of drug-likeness (QED) is 0.0152. The first-order valence-electron chi connectivity index (χ1n) is 33.7. The van der Waals surface area contributed by atoms with Gasteiger partial charge in [0.15, 0.2) is 79.1 Å². The molecular formula is C65H99BClF4N14O29P2. The SMILES string of the molecule is C.C.C.CC(C)[C@H](C)NP(C)(=O)Cl.CC(C)[C@H](C)NP(C)(=O)OC[C@@]1(F)O[C@@H](n2ccc(=O)[nH]c2=O)[C@H]2OC(C)(C)OC21.CC1(C)OC2[C@H](O1)[C@H](n1ccc(=O)[nH]c1=O)O[C@]2(F)CN=[N+]=[N-].CC1(C)OC2[C@H](O1)[C@H](n1ccc(=O)[nH]c1=O)O[C@]2(F)CO.CC1(C)OC2[C@H](O1)[C@H]1O[C@]2(F)COc2nc(=O)ccn21.N=O.O=C=O.O=C=O.[B]. The van der Waals surface area contributed by atoms with Crippen molar-refractivity contribution in [3.63, 3.8) is 0 Å². The zero-order valence-electron chi connectivity index (χ0n) is 63.5. The number of ether oxygens (including phenoxy) is 13. The van der Waals surface area contributed by atoms with Crippen LogP contribution in [0.1, 0.15) is 144 Å². The third-order valence-corrected chi connectivity index (χ3v) is 20.1. The van der Waals surface area contributed by atoms with Crippen LogP contribution < -0.4 is 54.2 Å². The Morgan fingerprint density at radius 1 is 0.578 bits per heavy atom. The Hall–Kier alpha value is -7.72. The first-order valence-corrected chi connectivity index (χ1v) is 38.8. The summed E-state index contributed by atoms with van der Waals surface area (Å²) in [7, 11) is -3.36. The highest BCUT2D eigenvalue weighted by atomic mass is 35.7. The van der Waals surface area contributed by atoms with Gasteiger partial charge in [-0.25, -0.2) is 37.0 Å². The summed E-state index contributed by atoms with van der Waals surface area (Å²) in [5, 5.41) is 18.2. The molecule has 7 N–H and O–H groups in total. The van der Waals surface area contributed by atoms with Gasteiger partial charge in [-0.2, -0.15) is 29.1 Å². The Balaban J connectivity index is 0.000000488. The highest BCUT2D eigenvalue weighted by Crippen LogP contribution is 2.54. The summed E-state index contributed by atoms with van der Waals surface area (Å²) < 4.78 is 166. The number of aliphatic hydroxyl groups excluding tert-OH is 1. The van der Waals surface area contributed by atoms with E-state index in [9.17, 15) is 56.6 Å². The highest BCUT2D eigenvalue weighted by molar-refractivity contribution is 7.87. The highest BCUT2D eigenvalue weighted by Gasteiger charge is 2.69. The number of aromatic nitrogens is 8. The fourth-order valence-electron chi connectivity index (χ4n) is 12.2. The molecule has 4 aromatic heterocycles. The van der Waals surface area contributed by atoms with Gasteiger partial charge in [0.25, 0.3) is 47.3 Å². The summed E-state index contributed by atoms with van der Waals surface area (Å²) in [6.45, 7) is 22.5. The number of aliphatic hydroxyl groups is 1. The molecule has 13 rings (SSSR count). The lowest BCUT2D eigenvalue weighted by atomic mass is 10.1. The number of alkyl halides is 4. The fraction of sp³-hybridized carbons (Fsp3) is 0.723. The van der Waals surface area contributed by atoms with Gasteiger partial charge in [-0.05, 0) is 97.8 Å². The summed E-state index contributed by atoms with van der Waals surface area (Å²) in [6, 6.07) is 4.71. The molecule has 116 heavy (non-hydrogen) atoms. The smallest absolute Gasteiger partial charge is 0.373 e. The molecule has 8 saturated heterocycles. The lowest BCUT2D eigenvalue weighted by Gasteiger charge is -2.30. The van der Waals surface area contributed by atoms with E-state index >= 15 is 8.78 Å². The van der Waals surface area contributed by atoms with Crippen LogP contribution >= 0.6 is 25.4 Å². The monoisotopic (exact) mass is 1720 g/mol. The number of fused-ring (bicyclic) bond motifs is 10. The van der Waals surface area contributed by atoms with Gasteiger partial charge in [0.1, 0.15) is 37.6 Å².